The van der Waals surface area contributed by atoms with Crippen LogP contribution >= 0.6 is 11.3 Å². The first-order valence-electron chi connectivity index (χ1n) is 9.13. The summed E-state index contributed by atoms with van der Waals surface area (Å²) in [5, 5.41) is 4.06. The molecule has 2 amide bonds. The molecular weight excluding hydrogens is 419 g/mol. The number of hydrogen-bond acceptors (Lipinski definition) is 5. The van der Waals surface area contributed by atoms with E-state index in [-0.39, 0.29) is 11.5 Å². The van der Waals surface area contributed by atoms with Crippen LogP contribution in [-0.2, 0) is 0 Å². The fourth-order valence-electron chi connectivity index (χ4n) is 2.75. The first-order valence-corrected chi connectivity index (χ1v) is 9.95. The fourth-order valence-corrected chi connectivity index (χ4v) is 3.66. The van der Waals surface area contributed by atoms with E-state index in [1.165, 1.54) is 35.6 Å². The molecule has 2 heterocycles. The summed E-state index contributed by atoms with van der Waals surface area (Å²) < 4.78 is 14.2. The minimum atomic E-state index is -0.673. The number of benzene rings is 2. The Morgan fingerprint density at radius 3 is 2.29 bits per heavy atom. The predicted molar refractivity (Wildman–Crippen MR) is 114 cm³/mol. The topological polar surface area (TPSA) is 93.1 Å². The zero-order valence-corrected chi connectivity index (χ0v) is 16.7. The van der Waals surface area contributed by atoms with Crippen molar-refractivity contribution in [3.8, 4) is 16.1 Å². The Hall–Kier alpha value is -4.11. The molecule has 0 saturated heterocycles. The number of halogens is 1. The molecule has 4 aromatic rings. The van der Waals surface area contributed by atoms with Crippen LogP contribution in [0.25, 0.3) is 16.1 Å². The molecule has 0 radical (unpaired) electrons. The van der Waals surface area contributed by atoms with E-state index in [1.54, 1.807) is 54.6 Å². The normalized spacial score (nSPS) is 10.5. The van der Waals surface area contributed by atoms with Gasteiger partial charge in [-0.15, -0.1) is 11.3 Å². The first-order chi connectivity index (χ1) is 15.0. The molecule has 0 fully saturated rings. The van der Waals surface area contributed by atoms with Gasteiger partial charge in [0, 0.05) is 10.9 Å². The van der Waals surface area contributed by atoms with Gasteiger partial charge in [-0.2, -0.15) is 9.78 Å². The Morgan fingerprint density at radius 1 is 0.839 bits per heavy atom. The third-order valence-corrected chi connectivity index (χ3v) is 5.41. The summed E-state index contributed by atoms with van der Waals surface area (Å²) >= 11 is 1.20. The highest BCUT2D eigenvalue weighted by Crippen LogP contribution is 2.28. The molecule has 0 atom stereocenters. The highest BCUT2D eigenvalue weighted by molar-refractivity contribution is 7.17. The van der Waals surface area contributed by atoms with E-state index in [0.29, 0.717) is 10.6 Å². The summed E-state index contributed by atoms with van der Waals surface area (Å²) in [7, 11) is 0. The number of carbonyl (C=O) groups is 2. The van der Waals surface area contributed by atoms with Crippen LogP contribution in [0.2, 0.25) is 0 Å². The molecule has 2 aromatic heterocycles. The number of nitrogens with zero attached hydrogens (tertiary/aromatic N) is 2. The number of nitrogens with one attached hydrogen (secondary N) is 2. The van der Waals surface area contributed by atoms with E-state index in [2.05, 4.69) is 16.0 Å². The Kier molecular flexibility index (Phi) is 5.67. The molecule has 4 rings (SSSR count). The average Bonchev–Trinajstić information content (AvgIpc) is 3.29. The van der Waals surface area contributed by atoms with Crippen LogP contribution in [0.15, 0.2) is 83.7 Å². The van der Waals surface area contributed by atoms with Crippen LogP contribution in [0.1, 0.15) is 20.2 Å². The average molecular weight is 434 g/mol. The number of hydrazine groups is 1. The molecule has 9 heteroatoms. The van der Waals surface area contributed by atoms with Crippen molar-refractivity contribution in [1.82, 2.24) is 20.6 Å². The molecule has 7 nitrogen and oxygen atoms in total. The van der Waals surface area contributed by atoms with Gasteiger partial charge in [0.1, 0.15) is 5.82 Å². The molecule has 0 aliphatic heterocycles. The van der Waals surface area contributed by atoms with E-state index in [0.717, 1.165) is 15.1 Å². The Balaban J connectivity index is 1.44. The molecule has 0 bridgehead atoms. The minimum absolute atomic E-state index is 0.0399. The Morgan fingerprint density at radius 2 is 1.55 bits per heavy atom. The maximum absolute atomic E-state index is 13.1. The number of carbonyl (C=O) groups excluding carboxylic acids is 2. The van der Waals surface area contributed by atoms with Crippen LogP contribution in [0.3, 0.4) is 0 Å². The van der Waals surface area contributed by atoms with Crippen LogP contribution in [0.5, 0.6) is 0 Å². The lowest BCUT2D eigenvalue weighted by Crippen LogP contribution is -2.42. The second-order valence-corrected chi connectivity index (χ2v) is 7.47. The zero-order chi connectivity index (χ0) is 21.8. The second kappa shape index (κ2) is 8.72. The first kappa shape index (κ1) is 20.2. The largest absolute Gasteiger partial charge is 0.290 e. The fraction of sp³-hybridized carbons (Fsp3) is 0. The Bertz CT molecular complexity index is 1300. The molecule has 0 spiro atoms. The van der Waals surface area contributed by atoms with Gasteiger partial charge in [0.15, 0.2) is 5.69 Å². The van der Waals surface area contributed by atoms with E-state index >= 15 is 0 Å². The molecular formula is C22H15FN4O3S. The number of aromatic nitrogens is 2. The van der Waals surface area contributed by atoms with Crippen molar-refractivity contribution in [1.29, 1.82) is 0 Å². The number of amides is 2. The van der Waals surface area contributed by atoms with Gasteiger partial charge in [-0.25, -0.2) is 4.39 Å². The van der Waals surface area contributed by atoms with Gasteiger partial charge >= 0.3 is 0 Å². The maximum Gasteiger partial charge on any atom is 0.290 e. The van der Waals surface area contributed by atoms with Gasteiger partial charge in [-0.1, -0.05) is 30.3 Å². The lowest BCUT2D eigenvalue weighted by molar-refractivity contribution is 0.0845. The third-order valence-electron chi connectivity index (χ3n) is 4.28. The van der Waals surface area contributed by atoms with Crippen molar-refractivity contribution in [3.63, 3.8) is 0 Å². The number of rotatable bonds is 4. The maximum atomic E-state index is 13.1. The smallest absolute Gasteiger partial charge is 0.267 e. The number of hydrogen-bond donors (Lipinski definition) is 2. The summed E-state index contributed by atoms with van der Waals surface area (Å²) in [6.07, 6.45) is 0. The highest BCUT2D eigenvalue weighted by atomic mass is 32.1. The number of para-hydroxylation sites is 1. The SMILES string of the molecule is O=C(NNC(=O)c1ccc(-c2ccc(F)cc2)s1)c1ccc(=O)n(-c2ccccc2)n1. The minimum Gasteiger partial charge on any atom is -0.267 e. The molecule has 31 heavy (non-hydrogen) atoms. The van der Waals surface area contributed by atoms with Crippen molar-refractivity contribution in [3.05, 3.63) is 106 Å². The molecule has 0 aliphatic carbocycles. The summed E-state index contributed by atoms with van der Waals surface area (Å²) in [6, 6.07) is 20.5. The van der Waals surface area contributed by atoms with Gasteiger partial charge in [-0.3, -0.25) is 25.2 Å². The monoisotopic (exact) mass is 434 g/mol. The highest BCUT2D eigenvalue weighted by Gasteiger charge is 2.14. The molecule has 2 aromatic carbocycles. The lowest BCUT2D eigenvalue weighted by atomic mass is 10.2. The van der Waals surface area contributed by atoms with Gasteiger partial charge in [0.2, 0.25) is 0 Å². The van der Waals surface area contributed by atoms with Gasteiger partial charge in [-0.05, 0) is 48.0 Å². The summed E-state index contributed by atoms with van der Waals surface area (Å²) in [4.78, 5) is 38.0. The molecule has 0 aliphatic rings. The molecule has 0 saturated carbocycles. The molecule has 154 valence electrons. The van der Waals surface area contributed by atoms with Crippen molar-refractivity contribution < 1.29 is 14.0 Å². The van der Waals surface area contributed by atoms with E-state index < -0.39 is 17.4 Å². The van der Waals surface area contributed by atoms with Crippen LogP contribution in [0.4, 0.5) is 4.39 Å². The third kappa shape index (κ3) is 4.57. The van der Waals surface area contributed by atoms with Crippen molar-refractivity contribution >= 4 is 23.2 Å². The summed E-state index contributed by atoms with van der Waals surface area (Å²) in [5.41, 5.74) is 5.48. The lowest BCUT2D eigenvalue weighted by Gasteiger charge is -2.08. The van der Waals surface area contributed by atoms with Gasteiger partial charge in [0.05, 0.1) is 10.6 Å². The number of thiophene rings is 1. The van der Waals surface area contributed by atoms with E-state index in [1.807, 2.05) is 0 Å². The van der Waals surface area contributed by atoms with E-state index in [4.69, 9.17) is 0 Å². The molecule has 0 unspecified atom stereocenters. The predicted octanol–water partition coefficient (Wildman–Crippen LogP) is 3.17. The Labute approximate surface area is 179 Å². The second-order valence-electron chi connectivity index (χ2n) is 6.38. The summed E-state index contributed by atoms with van der Waals surface area (Å²) in [6.45, 7) is 0. The van der Waals surface area contributed by atoms with E-state index in [9.17, 15) is 18.8 Å². The summed E-state index contributed by atoms with van der Waals surface area (Å²) in [5.74, 6) is -1.52. The quantitative estimate of drug-likeness (QED) is 0.483. The van der Waals surface area contributed by atoms with Crippen LogP contribution in [-0.4, -0.2) is 21.6 Å². The van der Waals surface area contributed by atoms with Crippen molar-refractivity contribution in [2.75, 3.05) is 0 Å². The zero-order valence-electron chi connectivity index (χ0n) is 15.9. The van der Waals surface area contributed by atoms with Gasteiger partial charge in [0.25, 0.3) is 17.4 Å². The van der Waals surface area contributed by atoms with Crippen molar-refractivity contribution in [2.24, 2.45) is 0 Å². The van der Waals surface area contributed by atoms with Crippen molar-refractivity contribution in [2.45, 2.75) is 0 Å². The van der Waals surface area contributed by atoms with Gasteiger partial charge < -0.3 is 0 Å². The van der Waals surface area contributed by atoms with Crippen LogP contribution in [0, 0.1) is 5.82 Å². The van der Waals surface area contributed by atoms with Crippen LogP contribution < -0.4 is 16.4 Å². The molecule has 2 N–H and O–H groups in total. The standard InChI is InChI=1S/C22H15FN4O3S/c23-15-8-6-14(7-9-15)18-11-12-19(31-18)22(30)25-24-21(29)17-10-13-20(28)27(26-17)16-4-2-1-3-5-16/h1-13H,(H,24,29)(H,25,30).